The number of esters is 1. The van der Waals surface area contributed by atoms with Crippen molar-refractivity contribution in [2.75, 3.05) is 13.2 Å². The lowest BCUT2D eigenvalue weighted by molar-refractivity contribution is -0.143. The van der Waals surface area contributed by atoms with Gasteiger partial charge in [-0.1, -0.05) is 231 Å². The van der Waals surface area contributed by atoms with E-state index < -0.39 is 12.1 Å². The zero-order valence-electron chi connectivity index (χ0n) is 38.3. The van der Waals surface area contributed by atoms with Crippen molar-refractivity contribution in [1.29, 1.82) is 0 Å². The fourth-order valence-electron chi connectivity index (χ4n) is 7.86. The first kappa shape index (κ1) is 55.6. The number of carbonyl (C=O) groups excluding carboxylic acids is 2. The molecule has 1 amide bonds. The molecule has 0 aliphatic carbocycles. The summed E-state index contributed by atoms with van der Waals surface area (Å²) in [5, 5.41) is 23.1. The van der Waals surface area contributed by atoms with E-state index in [-0.39, 0.29) is 18.5 Å². The number of unbranched alkanes of at least 4 members (excludes halogenated alkanes) is 34. The number of ether oxygens (including phenoxy) is 1. The Labute approximate surface area is 355 Å². The lowest BCUT2D eigenvalue weighted by Crippen LogP contribution is -2.45. The van der Waals surface area contributed by atoms with Gasteiger partial charge in [0.2, 0.25) is 5.91 Å². The molecule has 6 nitrogen and oxygen atoms in total. The summed E-state index contributed by atoms with van der Waals surface area (Å²) in [6.45, 7) is 4.90. The number of rotatable bonds is 47. The molecule has 57 heavy (non-hydrogen) atoms. The van der Waals surface area contributed by atoms with Gasteiger partial charge in [0.25, 0.3) is 0 Å². The maximum absolute atomic E-state index is 12.4. The highest BCUT2D eigenvalue weighted by atomic mass is 16.5. The van der Waals surface area contributed by atoms with Crippen LogP contribution in [0.4, 0.5) is 0 Å². The van der Waals surface area contributed by atoms with Crippen LogP contribution < -0.4 is 5.32 Å². The van der Waals surface area contributed by atoms with Gasteiger partial charge in [-0.2, -0.15) is 0 Å². The molecule has 0 bridgehead atoms. The zero-order chi connectivity index (χ0) is 41.5. The van der Waals surface area contributed by atoms with Crippen LogP contribution in [-0.2, 0) is 14.3 Å². The van der Waals surface area contributed by atoms with Crippen LogP contribution in [-0.4, -0.2) is 47.4 Å². The minimum Gasteiger partial charge on any atom is -0.466 e. The van der Waals surface area contributed by atoms with Gasteiger partial charge in [0.1, 0.15) is 0 Å². The third-order valence-corrected chi connectivity index (χ3v) is 11.8. The largest absolute Gasteiger partial charge is 0.466 e. The summed E-state index contributed by atoms with van der Waals surface area (Å²) in [4.78, 5) is 24.4. The van der Waals surface area contributed by atoms with Crippen LogP contribution in [0.1, 0.15) is 277 Å². The van der Waals surface area contributed by atoms with Gasteiger partial charge < -0.3 is 20.3 Å². The fraction of sp³-hybridized carbons (Fsp3) is 0.922. The number of amides is 1. The Balaban J connectivity index is 3.40. The number of carbonyl (C=O) groups is 2. The molecule has 0 saturated carbocycles. The Morgan fingerprint density at radius 3 is 1.30 bits per heavy atom. The van der Waals surface area contributed by atoms with Gasteiger partial charge >= 0.3 is 5.97 Å². The summed E-state index contributed by atoms with van der Waals surface area (Å²) in [6, 6.07) is -0.542. The van der Waals surface area contributed by atoms with Crippen LogP contribution in [0.5, 0.6) is 0 Å². The minimum absolute atomic E-state index is 0.00389. The molecular formula is C51H99NO5. The molecule has 338 valence electrons. The Morgan fingerprint density at radius 2 is 0.842 bits per heavy atom. The molecule has 0 aliphatic heterocycles. The van der Waals surface area contributed by atoms with Gasteiger partial charge in [-0.05, 0) is 44.9 Å². The van der Waals surface area contributed by atoms with E-state index in [1.54, 1.807) is 0 Å². The number of aliphatic hydroxyl groups excluding tert-OH is 2. The van der Waals surface area contributed by atoms with Crippen molar-refractivity contribution < 1.29 is 24.5 Å². The first-order valence-electron chi connectivity index (χ1n) is 25.4. The number of hydrogen-bond acceptors (Lipinski definition) is 5. The molecule has 0 rings (SSSR count). The van der Waals surface area contributed by atoms with Crippen LogP contribution in [0.3, 0.4) is 0 Å². The summed E-state index contributed by atoms with van der Waals surface area (Å²) >= 11 is 0. The van der Waals surface area contributed by atoms with Crippen molar-refractivity contribution in [2.24, 2.45) is 0 Å². The molecule has 0 aliphatic rings. The van der Waals surface area contributed by atoms with Gasteiger partial charge in [-0.15, -0.1) is 0 Å². The van der Waals surface area contributed by atoms with Crippen LogP contribution in [0, 0.1) is 0 Å². The van der Waals surface area contributed by atoms with E-state index in [4.69, 9.17) is 4.74 Å². The molecular weight excluding hydrogens is 707 g/mol. The van der Waals surface area contributed by atoms with E-state index >= 15 is 0 Å². The van der Waals surface area contributed by atoms with Gasteiger partial charge in [-0.25, -0.2) is 0 Å². The van der Waals surface area contributed by atoms with Gasteiger partial charge in [0.05, 0.1) is 25.4 Å². The Hall–Kier alpha value is -1.40. The van der Waals surface area contributed by atoms with Crippen molar-refractivity contribution in [1.82, 2.24) is 5.32 Å². The molecule has 0 saturated heterocycles. The van der Waals surface area contributed by atoms with Crippen molar-refractivity contribution in [3.63, 3.8) is 0 Å². The third kappa shape index (κ3) is 44.0. The lowest BCUT2D eigenvalue weighted by Gasteiger charge is -2.22. The highest BCUT2D eigenvalue weighted by Gasteiger charge is 2.20. The van der Waals surface area contributed by atoms with E-state index in [1.165, 1.54) is 199 Å². The molecule has 0 fully saturated rings. The van der Waals surface area contributed by atoms with E-state index in [0.29, 0.717) is 25.9 Å². The van der Waals surface area contributed by atoms with Crippen molar-refractivity contribution in [2.45, 2.75) is 289 Å². The summed E-state index contributed by atoms with van der Waals surface area (Å²) in [7, 11) is 0. The van der Waals surface area contributed by atoms with Crippen molar-refractivity contribution in [3.8, 4) is 0 Å². The van der Waals surface area contributed by atoms with E-state index in [2.05, 4.69) is 31.3 Å². The first-order valence-corrected chi connectivity index (χ1v) is 25.4. The SMILES string of the molecule is CCCC/C=C\CCCCCCCC(=O)OCCCCCCCCCCCCCCCCCCCCC(=O)NC(CO)C(O)CCCCCCCCCCCCC. The van der Waals surface area contributed by atoms with Crippen LogP contribution in [0.25, 0.3) is 0 Å². The smallest absolute Gasteiger partial charge is 0.305 e. The highest BCUT2D eigenvalue weighted by molar-refractivity contribution is 5.76. The Bertz CT molecular complexity index is 847. The van der Waals surface area contributed by atoms with Gasteiger partial charge in [0, 0.05) is 12.8 Å². The van der Waals surface area contributed by atoms with Gasteiger partial charge in [0.15, 0.2) is 0 Å². The molecule has 0 aromatic carbocycles. The predicted octanol–water partition coefficient (Wildman–Crippen LogP) is 15.0. The first-order chi connectivity index (χ1) is 28.0. The van der Waals surface area contributed by atoms with E-state index in [9.17, 15) is 19.8 Å². The summed E-state index contributed by atoms with van der Waals surface area (Å²) in [5.41, 5.74) is 0. The topological polar surface area (TPSA) is 95.9 Å². The number of hydrogen-bond donors (Lipinski definition) is 3. The molecule has 0 heterocycles. The van der Waals surface area contributed by atoms with Crippen LogP contribution >= 0.6 is 0 Å². The number of allylic oxidation sites excluding steroid dienone is 2. The quantitative estimate of drug-likeness (QED) is 0.0323. The lowest BCUT2D eigenvalue weighted by atomic mass is 10.0. The van der Waals surface area contributed by atoms with Crippen LogP contribution in [0.2, 0.25) is 0 Å². The average Bonchev–Trinajstić information content (AvgIpc) is 3.21. The van der Waals surface area contributed by atoms with E-state index in [0.717, 1.165) is 44.9 Å². The molecule has 0 spiro atoms. The van der Waals surface area contributed by atoms with E-state index in [1.807, 2.05) is 0 Å². The normalized spacial score (nSPS) is 12.7. The summed E-state index contributed by atoms with van der Waals surface area (Å²) < 4.78 is 5.44. The third-order valence-electron chi connectivity index (χ3n) is 11.8. The summed E-state index contributed by atoms with van der Waals surface area (Å²) in [6.07, 6.45) is 53.2. The molecule has 3 N–H and O–H groups in total. The minimum atomic E-state index is -0.664. The molecule has 0 aromatic rings. The number of nitrogens with one attached hydrogen (secondary N) is 1. The second-order valence-corrected chi connectivity index (χ2v) is 17.5. The number of aliphatic hydroxyl groups is 2. The Kier molecular flexibility index (Phi) is 46.1. The second kappa shape index (κ2) is 47.3. The molecule has 6 heteroatoms. The maximum atomic E-state index is 12.4. The monoisotopic (exact) mass is 806 g/mol. The van der Waals surface area contributed by atoms with Crippen molar-refractivity contribution >= 4 is 11.9 Å². The molecule has 0 radical (unpaired) electrons. The average molecular weight is 806 g/mol. The van der Waals surface area contributed by atoms with Crippen molar-refractivity contribution in [3.05, 3.63) is 12.2 Å². The highest BCUT2D eigenvalue weighted by Crippen LogP contribution is 2.17. The maximum Gasteiger partial charge on any atom is 0.305 e. The summed E-state index contributed by atoms with van der Waals surface area (Å²) in [5.74, 6) is -0.0438. The molecule has 0 aromatic heterocycles. The Morgan fingerprint density at radius 1 is 0.474 bits per heavy atom. The van der Waals surface area contributed by atoms with Crippen LogP contribution in [0.15, 0.2) is 12.2 Å². The predicted molar refractivity (Wildman–Crippen MR) is 246 cm³/mol. The molecule has 2 unspecified atom stereocenters. The zero-order valence-corrected chi connectivity index (χ0v) is 38.3. The standard InChI is InChI=1S/C51H99NO5/c1-3-5-7-9-11-13-23-27-31-35-39-43-49(54)48(47-53)52-50(55)44-40-36-32-28-25-21-19-17-15-16-18-20-22-26-30-34-38-42-46-57-51(56)45-41-37-33-29-24-14-12-10-8-6-4-2/h10,12,48-49,53-54H,3-9,11,13-47H2,1-2H3,(H,52,55)/b12-10-. The second-order valence-electron chi connectivity index (χ2n) is 17.5. The molecule has 2 atom stereocenters. The fourth-order valence-corrected chi connectivity index (χ4v) is 7.86. The van der Waals surface area contributed by atoms with Gasteiger partial charge in [-0.3, -0.25) is 9.59 Å².